The third kappa shape index (κ3) is 4.24. The quantitative estimate of drug-likeness (QED) is 0.788. The van der Waals surface area contributed by atoms with E-state index in [0.717, 1.165) is 23.1 Å². The van der Waals surface area contributed by atoms with Crippen molar-refractivity contribution < 1.29 is 4.74 Å². The van der Waals surface area contributed by atoms with Crippen molar-refractivity contribution in [2.75, 3.05) is 12.4 Å². The molecule has 0 heterocycles. The first-order valence-corrected chi connectivity index (χ1v) is 8.10. The molecule has 0 saturated carbocycles. The van der Waals surface area contributed by atoms with Gasteiger partial charge in [0.25, 0.3) is 0 Å². The molecule has 3 heteroatoms. The molecule has 0 aromatic heterocycles. The number of rotatable bonds is 6. The Morgan fingerprint density at radius 1 is 1.14 bits per heavy atom. The normalized spacial score (nSPS) is 12.0. The Labute approximate surface area is 135 Å². The Morgan fingerprint density at radius 3 is 2.62 bits per heavy atom. The second kappa shape index (κ2) is 7.51. The molecule has 21 heavy (non-hydrogen) atoms. The summed E-state index contributed by atoms with van der Waals surface area (Å²) in [6.07, 6.45) is 1.95. The molecule has 112 valence electrons. The number of hydrogen-bond donors (Lipinski definition) is 1. The van der Waals surface area contributed by atoms with Crippen LogP contribution < -0.4 is 10.1 Å². The minimum atomic E-state index is 0.341. The number of nitrogens with one attached hydrogen (secondary N) is 1. The van der Waals surface area contributed by atoms with Gasteiger partial charge in [-0.1, -0.05) is 41.1 Å². The van der Waals surface area contributed by atoms with E-state index in [1.807, 2.05) is 12.1 Å². The summed E-state index contributed by atoms with van der Waals surface area (Å²) in [5.74, 6) is 0.956. The van der Waals surface area contributed by atoms with Gasteiger partial charge in [-0.2, -0.15) is 0 Å². The molecule has 0 aliphatic carbocycles. The summed E-state index contributed by atoms with van der Waals surface area (Å²) < 4.78 is 6.55. The van der Waals surface area contributed by atoms with Crippen LogP contribution in [-0.4, -0.2) is 13.2 Å². The van der Waals surface area contributed by atoms with E-state index >= 15 is 0 Å². The van der Waals surface area contributed by atoms with Gasteiger partial charge in [-0.3, -0.25) is 0 Å². The van der Waals surface area contributed by atoms with Crippen molar-refractivity contribution in [2.24, 2.45) is 0 Å². The van der Waals surface area contributed by atoms with Gasteiger partial charge in [-0.15, -0.1) is 0 Å². The van der Waals surface area contributed by atoms with Crippen molar-refractivity contribution in [1.82, 2.24) is 0 Å². The zero-order valence-corrected chi connectivity index (χ0v) is 14.4. The molecule has 0 spiro atoms. The first kappa shape index (κ1) is 15.9. The zero-order valence-electron chi connectivity index (χ0n) is 12.8. The molecule has 2 rings (SSSR count). The van der Waals surface area contributed by atoms with Crippen LogP contribution in [0.5, 0.6) is 5.75 Å². The fourth-order valence-electron chi connectivity index (χ4n) is 2.51. The molecule has 0 amide bonds. The van der Waals surface area contributed by atoms with Gasteiger partial charge in [0.1, 0.15) is 5.75 Å². The number of methoxy groups -OCH3 is 1. The largest absolute Gasteiger partial charge is 0.496 e. The molecule has 0 radical (unpaired) electrons. The number of anilines is 1. The van der Waals surface area contributed by atoms with E-state index in [2.05, 4.69) is 65.4 Å². The summed E-state index contributed by atoms with van der Waals surface area (Å²) >= 11 is 3.53. The van der Waals surface area contributed by atoms with E-state index in [1.54, 1.807) is 7.11 Å². The summed E-state index contributed by atoms with van der Waals surface area (Å²) in [4.78, 5) is 0. The topological polar surface area (TPSA) is 21.3 Å². The fraction of sp³-hybridized carbons (Fsp3) is 0.333. The summed E-state index contributed by atoms with van der Waals surface area (Å²) in [6.45, 7) is 4.38. The first-order valence-electron chi connectivity index (χ1n) is 7.31. The van der Waals surface area contributed by atoms with Crippen LogP contribution in [0.25, 0.3) is 0 Å². The van der Waals surface area contributed by atoms with Crippen LogP contribution in [0.1, 0.15) is 25.0 Å². The minimum Gasteiger partial charge on any atom is -0.496 e. The molecule has 0 fully saturated rings. The second-order valence-corrected chi connectivity index (χ2v) is 6.13. The molecule has 1 atom stereocenters. The Balaban J connectivity index is 2.10. The molecule has 1 N–H and O–H groups in total. The van der Waals surface area contributed by atoms with E-state index in [0.29, 0.717) is 6.04 Å². The third-order valence-electron chi connectivity index (χ3n) is 3.57. The number of hydrogen-bond acceptors (Lipinski definition) is 2. The summed E-state index contributed by atoms with van der Waals surface area (Å²) in [5, 5.41) is 3.61. The van der Waals surface area contributed by atoms with Crippen molar-refractivity contribution >= 4 is 21.6 Å². The van der Waals surface area contributed by atoms with Crippen LogP contribution in [0.4, 0.5) is 5.69 Å². The van der Waals surface area contributed by atoms with Gasteiger partial charge in [0.05, 0.1) is 7.11 Å². The molecule has 2 aromatic rings. The molecule has 2 aromatic carbocycles. The minimum absolute atomic E-state index is 0.341. The maximum atomic E-state index is 5.42. The van der Waals surface area contributed by atoms with E-state index in [1.165, 1.54) is 16.8 Å². The van der Waals surface area contributed by atoms with E-state index < -0.39 is 0 Å². The van der Waals surface area contributed by atoms with Crippen LogP contribution in [0.2, 0.25) is 0 Å². The standard InChI is InChI=1S/C18H22BrNO/c1-4-14-12-16(19)9-10-17(14)20-13(2)11-15-7-5-6-8-18(15)21-3/h5-10,12-13,20H,4,11H2,1-3H3. The Kier molecular flexibility index (Phi) is 5.68. The van der Waals surface area contributed by atoms with Crippen molar-refractivity contribution in [3.8, 4) is 5.75 Å². The molecular weight excluding hydrogens is 326 g/mol. The van der Waals surface area contributed by atoms with Crippen molar-refractivity contribution in [2.45, 2.75) is 32.7 Å². The highest BCUT2D eigenvalue weighted by molar-refractivity contribution is 9.10. The number of aryl methyl sites for hydroxylation is 1. The smallest absolute Gasteiger partial charge is 0.122 e. The molecule has 0 aliphatic heterocycles. The highest BCUT2D eigenvalue weighted by Crippen LogP contribution is 2.24. The van der Waals surface area contributed by atoms with Crippen LogP contribution >= 0.6 is 15.9 Å². The highest BCUT2D eigenvalue weighted by atomic mass is 79.9. The zero-order chi connectivity index (χ0) is 15.2. The third-order valence-corrected chi connectivity index (χ3v) is 4.06. The molecule has 0 bridgehead atoms. The molecule has 1 unspecified atom stereocenters. The van der Waals surface area contributed by atoms with E-state index in [9.17, 15) is 0 Å². The van der Waals surface area contributed by atoms with Gasteiger partial charge in [0.2, 0.25) is 0 Å². The lowest BCUT2D eigenvalue weighted by Crippen LogP contribution is -2.19. The lowest BCUT2D eigenvalue weighted by Gasteiger charge is -2.19. The van der Waals surface area contributed by atoms with Crippen LogP contribution in [0.3, 0.4) is 0 Å². The fourth-order valence-corrected chi connectivity index (χ4v) is 2.92. The van der Waals surface area contributed by atoms with Gasteiger partial charge >= 0.3 is 0 Å². The maximum Gasteiger partial charge on any atom is 0.122 e. The lowest BCUT2D eigenvalue weighted by molar-refractivity contribution is 0.409. The van der Waals surface area contributed by atoms with Crippen LogP contribution in [-0.2, 0) is 12.8 Å². The van der Waals surface area contributed by atoms with Crippen LogP contribution in [0.15, 0.2) is 46.9 Å². The second-order valence-electron chi connectivity index (χ2n) is 5.22. The average molecular weight is 348 g/mol. The first-order chi connectivity index (χ1) is 10.1. The number of ether oxygens (including phenoxy) is 1. The van der Waals surface area contributed by atoms with E-state index in [4.69, 9.17) is 4.74 Å². The highest BCUT2D eigenvalue weighted by Gasteiger charge is 2.10. The predicted octanol–water partition coefficient (Wildman–Crippen LogP) is 5.06. The molecular formula is C18H22BrNO. The monoisotopic (exact) mass is 347 g/mol. The van der Waals surface area contributed by atoms with Crippen molar-refractivity contribution in [3.05, 3.63) is 58.1 Å². The molecule has 0 aliphatic rings. The summed E-state index contributed by atoms with van der Waals surface area (Å²) in [5.41, 5.74) is 3.77. The van der Waals surface area contributed by atoms with Gasteiger partial charge in [0.15, 0.2) is 0 Å². The average Bonchev–Trinajstić information content (AvgIpc) is 2.49. The number of halogens is 1. The van der Waals surface area contributed by atoms with Gasteiger partial charge in [-0.25, -0.2) is 0 Å². The lowest BCUT2D eigenvalue weighted by atomic mass is 10.0. The predicted molar refractivity (Wildman–Crippen MR) is 93.3 cm³/mol. The number of para-hydroxylation sites is 1. The van der Waals surface area contributed by atoms with Crippen molar-refractivity contribution in [3.63, 3.8) is 0 Å². The SMILES string of the molecule is CCc1cc(Br)ccc1NC(C)Cc1ccccc1OC. The molecule has 0 saturated heterocycles. The molecule has 2 nitrogen and oxygen atoms in total. The van der Waals surface area contributed by atoms with Crippen LogP contribution in [0, 0.1) is 0 Å². The summed E-state index contributed by atoms with van der Waals surface area (Å²) in [7, 11) is 1.72. The van der Waals surface area contributed by atoms with Gasteiger partial charge < -0.3 is 10.1 Å². The summed E-state index contributed by atoms with van der Waals surface area (Å²) in [6, 6.07) is 14.9. The van der Waals surface area contributed by atoms with Crippen molar-refractivity contribution in [1.29, 1.82) is 0 Å². The Morgan fingerprint density at radius 2 is 1.90 bits per heavy atom. The van der Waals surface area contributed by atoms with Gasteiger partial charge in [0, 0.05) is 16.2 Å². The van der Waals surface area contributed by atoms with E-state index in [-0.39, 0.29) is 0 Å². The Hall–Kier alpha value is -1.48. The van der Waals surface area contributed by atoms with Gasteiger partial charge in [-0.05, 0) is 55.2 Å². The maximum absolute atomic E-state index is 5.42. The Bertz CT molecular complexity index is 598. The number of benzene rings is 2.